The Morgan fingerprint density at radius 3 is 2.47 bits per heavy atom. The molecule has 1 fully saturated rings. The zero-order valence-corrected chi connectivity index (χ0v) is 10.0. The van der Waals surface area contributed by atoms with Gasteiger partial charge in [0.1, 0.15) is 6.04 Å². The van der Waals surface area contributed by atoms with Crippen LogP contribution in [0.5, 0.6) is 0 Å². The average molecular weight is 226 g/mol. The van der Waals surface area contributed by atoms with Gasteiger partial charge in [0.15, 0.2) is 0 Å². The number of benzene rings is 1. The van der Waals surface area contributed by atoms with Crippen LogP contribution in [0.25, 0.3) is 6.08 Å². The molecule has 0 aliphatic carbocycles. The van der Waals surface area contributed by atoms with E-state index in [4.69, 9.17) is 0 Å². The molecule has 0 spiro atoms. The summed E-state index contributed by atoms with van der Waals surface area (Å²) in [6.45, 7) is 2.11. The molecule has 2 heteroatoms. The summed E-state index contributed by atoms with van der Waals surface area (Å²) in [6.07, 6.45) is 7.80. The highest BCUT2D eigenvalue weighted by Gasteiger charge is 2.17. The molecule has 1 heterocycles. The molecule has 2 nitrogen and oxygen atoms in total. The number of hydrogen-bond donors (Lipinski definition) is 0. The molecule has 0 radical (unpaired) electrons. The van der Waals surface area contributed by atoms with Gasteiger partial charge in [0.25, 0.3) is 0 Å². The Kier molecular flexibility index (Phi) is 4.35. The molecule has 0 aromatic heterocycles. The van der Waals surface area contributed by atoms with Gasteiger partial charge in [-0.15, -0.1) is 0 Å². The Hall–Kier alpha value is -1.59. The van der Waals surface area contributed by atoms with Crippen molar-refractivity contribution in [2.75, 3.05) is 13.1 Å². The van der Waals surface area contributed by atoms with Crippen molar-refractivity contribution in [2.24, 2.45) is 0 Å². The summed E-state index contributed by atoms with van der Waals surface area (Å²) in [5.41, 5.74) is 1.16. The van der Waals surface area contributed by atoms with E-state index in [1.54, 1.807) is 0 Å². The Bertz CT molecular complexity index is 397. The van der Waals surface area contributed by atoms with Gasteiger partial charge in [-0.25, -0.2) is 0 Å². The van der Waals surface area contributed by atoms with Crippen LogP contribution in [0.1, 0.15) is 24.8 Å². The highest BCUT2D eigenvalue weighted by molar-refractivity contribution is 5.50. The Morgan fingerprint density at radius 2 is 1.82 bits per heavy atom. The minimum atomic E-state index is -0.0736. The predicted molar refractivity (Wildman–Crippen MR) is 70.3 cm³/mol. The van der Waals surface area contributed by atoms with E-state index in [9.17, 15) is 5.26 Å². The lowest BCUT2D eigenvalue weighted by molar-refractivity contribution is 0.220. The third kappa shape index (κ3) is 3.44. The molecule has 1 aromatic carbocycles. The standard InChI is InChI=1S/C15H18N2/c16-13-15(17-11-5-2-6-12-17)10-9-14-7-3-1-4-8-14/h1,3-4,7-10,15H,2,5-6,11-12H2. The molecule has 1 unspecified atom stereocenters. The number of nitriles is 1. The van der Waals surface area contributed by atoms with Crippen LogP contribution >= 0.6 is 0 Å². The van der Waals surface area contributed by atoms with E-state index in [0.29, 0.717) is 0 Å². The third-order valence-corrected chi connectivity index (χ3v) is 3.19. The van der Waals surface area contributed by atoms with Crippen LogP contribution in [0.2, 0.25) is 0 Å². The van der Waals surface area contributed by atoms with Crippen molar-refractivity contribution in [3.63, 3.8) is 0 Å². The summed E-state index contributed by atoms with van der Waals surface area (Å²) in [6, 6.07) is 12.5. The summed E-state index contributed by atoms with van der Waals surface area (Å²) < 4.78 is 0. The predicted octanol–water partition coefficient (Wildman–Crippen LogP) is 3.08. The van der Waals surface area contributed by atoms with Gasteiger partial charge in [-0.3, -0.25) is 4.90 Å². The topological polar surface area (TPSA) is 27.0 Å². The summed E-state index contributed by atoms with van der Waals surface area (Å²) in [4.78, 5) is 2.27. The van der Waals surface area contributed by atoms with Crippen LogP contribution in [-0.4, -0.2) is 24.0 Å². The van der Waals surface area contributed by atoms with Gasteiger partial charge in [0.2, 0.25) is 0 Å². The SMILES string of the molecule is N#CC(C=Cc1ccccc1)N1CCCCC1. The lowest BCUT2D eigenvalue weighted by Gasteiger charge is -2.28. The third-order valence-electron chi connectivity index (χ3n) is 3.19. The van der Waals surface area contributed by atoms with Gasteiger partial charge in [-0.2, -0.15) is 5.26 Å². The number of rotatable bonds is 3. The van der Waals surface area contributed by atoms with E-state index in [0.717, 1.165) is 18.7 Å². The number of hydrogen-bond acceptors (Lipinski definition) is 2. The van der Waals surface area contributed by atoms with Crippen LogP contribution in [0, 0.1) is 11.3 Å². The van der Waals surface area contributed by atoms with Crippen LogP contribution in [0.3, 0.4) is 0 Å². The minimum absolute atomic E-state index is 0.0736. The maximum atomic E-state index is 9.21. The van der Waals surface area contributed by atoms with E-state index in [-0.39, 0.29) is 6.04 Å². The van der Waals surface area contributed by atoms with Crippen LogP contribution in [0.15, 0.2) is 36.4 Å². The lowest BCUT2D eigenvalue weighted by atomic mass is 10.1. The molecule has 1 atom stereocenters. The smallest absolute Gasteiger partial charge is 0.117 e. The number of nitrogens with zero attached hydrogens (tertiary/aromatic N) is 2. The molecule has 0 bridgehead atoms. The van der Waals surface area contributed by atoms with Crippen molar-refractivity contribution < 1.29 is 0 Å². The van der Waals surface area contributed by atoms with Gasteiger partial charge >= 0.3 is 0 Å². The second-order valence-corrected chi connectivity index (χ2v) is 4.44. The van der Waals surface area contributed by atoms with Gasteiger partial charge in [-0.05, 0) is 31.5 Å². The first-order valence-corrected chi connectivity index (χ1v) is 6.27. The molecule has 0 N–H and O–H groups in total. The first-order valence-electron chi connectivity index (χ1n) is 6.27. The van der Waals surface area contributed by atoms with E-state index < -0.39 is 0 Å². The van der Waals surface area contributed by atoms with E-state index in [1.165, 1.54) is 19.3 Å². The van der Waals surface area contributed by atoms with Gasteiger partial charge in [-0.1, -0.05) is 48.9 Å². The number of likely N-dealkylation sites (tertiary alicyclic amines) is 1. The summed E-state index contributed by atoms with van der Waals surface area (Å²) >= 11 is 0. The largest absolute Gasteiger partial charge is 0.285 e. The fraction of sp³-hybridized carbons (Fsp3) is 0.400. The van der Waals surface area contributed by atoms with E-state index in [1.807, 2.05) is 30.4 Å². The highest BCUT2D eigenvalue weighted by atomic mass is 15.1. The first-order chi connectivity index (χ1) is 8.40. The zero-order chi connectivity index (χ0) is 11.9. The monoisotopic (exact) mass is 226 g/mol. The molecule has 0 amide bonds. The maximum Gasteiger partial charge on any atom is 0.117 e. The van der Waals surface area contributed by atoms with Gasteiger partial charge in [0.05, 0.1) is 6.07 Å². The van der Waals surface area contributed by atoms with Crippen molar-refractivity contribution in [1.29, 1.82) is 5.26 Å². The quantitative estimate of drug-likeness (QED) is 0.792. The van der Waals surface area contributed by atoms with Crippen molar-refractivity contribution in [1.82, 2.24) is 4.90 Å². The molecule has 88 valence electrons. The van der Waals surface area contributed by atoms with Crippen LogP contribution < -0.4 is 0 Å². The molecule has 1 aliphatic heterocycles. The Balaban J connectivity index is 2.00. The summed E-state index contributed by atoms with van der Waals surface area (Å²) in [5, 5.41) is 9.21. The van der Waals surface area contributed by atoms with Crippen molar-refractivity contribution >= 4 is 6.08 Å². The summed E-state index contributed by atoms with van der Waals surface area (Å²) in [5.74, 6) is 0. The fourth-order valence-corrected chi connectivity index (χ4v) is 2.21. The molecule has 1 saturated heterocycles. The molecular formula is C15H18N2. The fourth-order valence-electron chi connectivity index (χ4n) is 2.21. The van der Waals surface area contributed by atoms with Crippen molar-refractivity contribution in [2.45, 2.75) is 25.3 Å². The van der Waals surface area contributed by atoms with Crippen LogP contribution in [0.4, 0.5) is 0 Å². The number of piperidine rings is 1. The summed E-state index contributed by atoms with van der Waals surface area (Å²) in [7, 11) is 0. The maximum absolute atomic E-state index is 9.21. The Labute approximate surface area is 103 Å². The average Bonchev–Trinajstić information content (AvgIpc) is 2.42. The van der Waals surface area contributed by atoms with Crippen LogP contribution in [-0.2, 0) is 0 Å². The normalized spacial score (nSPS) is 19.0. The van der Waals surface area contributed by atoms with E-state index in [2.05, 4.69) is 23.1 Å². The molecule has 17 heavy (non-hydrogen) atoms. The van der Waals surface area contributed by atoms with Gasteiger partial charge in [0, 0.05) is 0 Å². The zero-order valence-electron chi connectivity index (χ0n) is 10.0. The van der Waals surface area contributed by atoms with Gasteiger partial charge < -0.3 is 0 Å². The highest BCUT2D eigenvalue weighted by Crippen LogP contribution is 2.13. The molecule has 1 aromatic rings. The second-order valence-electron chi connectivity index (χ2n) is 4.44. The second kappa shape index (κ2) is 6.22. The Morgan fingerprint density at radius 1 is 1.12 bits per heavy atom. The van der Waals surface area contributed by atoms with Crippen molar-refractivity contribution in [3.05, 3.63) is 42.0 Å². The lowest BCUT2D eigenvalue weighted by Crippen LogP contribution is -2.37. The molecular weight excluding hydrogens is 208 g/mol. The molecule has 2 rings (SSSR count). The first kappa shape index (κ1) is 11.9. The van der Waals surface area contributed by atoms with Crippen molar-refractivity contribution in [3.8, 4) is 6.07 Å². The van der Waals surface area contributed by atoms with E-state index >= 15 is 0 Å². The molecule has 0 saturated carbocycles. The minimum Gasteiger partial charge on any atom is -0.285 e. The molecule has 1 aliphatic rings.